The molecule has 134 valence electrons. The van der Waals surface area contributed by atoms with Crippen molar-refractivity contribution >= 4 is 23.6 Å². The number of nitrogen functional groups attached to an aromatic ring is 1. The number of nitrogens with zero attached hydrogens (tertiary/aromatic N) is 6. The van der Waals surface area contributed by atoms with Crippen molar-refractivity contribution < 1.29 is 4.74 Å². The number of fused-ring (bicyclic) bond motifs is 1. The number of anilines is 2. The van der Waals surface area contributed by atoms with Gasteiger partial charge in [0.2, 0.25) is 11.9 Å². The molecule has 3 aromatic heterocycles. The zero-order valence-electron chi connectivity index (χ0n) is 14.9. The Kier molecular flexibility index (Phi) is 4.26. The Labute approximate surface area is 151 Å². The zero-order valence-corrected chi connectivity index (χ0v) is 14.9. The van der Waals surface area contributed by atoms with Gasteiger partial charge in [0.05, 0.1) is 19.4 Å². The van der Waals surface area contributed by atoms with Crippen molar-refractivity contribution in [2.45, 2.75) is 13.8 Å². The van der Waals surface area contributed by atoms with Crippen LogP contribution in [0, 0.1) is 6.92 Å². The van der Waals surface area contributed by atoms with Gasteiger partial charge >= 0.3 is 0 Å². The largest absolute Gasteiger partial charge is 0.378 e. The van der Waals surface area contributed by atoms with Gasteiger partial charge in [0, 0.05) is 36.1 Å². The molecule has 0 radical (unpaired) electrons. The minimum absolute atomic E-state index is 0.316. The molecule has 0 unspecified atom stereocenters. The second kappa shape index (κ2) is 6.72. The highest BCUT2D eigenvalue weighted by atomic mass is 16.5. The van der Waals surface area contributed by atoms with Crippen LogP contribution in [-0.4, -0.2) is 50.9 Å². The Bertz CT molecular complexity index is 973. The lowest BCUT2D eigenvalue weighted by Crippen LogP contribution is -2.37. The topological polar surface area (TPSA) is 94.5 Å². The number of hydrogen-bond donors (Lipinski definition) is 1. The number of aromatic nitrogens is 5. The summed E-state index contributed by atoms with van der Waals surface area (Å²) in [5, 5.41) is 4.36. The number of aryl methyl sites for hydroxylation is 1. The molecule has 2 N–H and O–H groups in total. The molecule has 4 heterocycles. The third-order valence-corrected chi connectivity index (χ3v) is 4.46. The van der Waals surface area contributed by atoms with Gasteiger partial charge in [-0.3, -0.25) is 4.98 Å². The second-order valence-corrected chi connectivity index (χ2v) is 6.17. The van der Waals surface area contributed by atoms with E-state index in [-0.39, 0.29) is 0 Å². The predicted molar refractivity (Wildman–Crippen MR) is 101 cm³/mol. The van der Waals surface area contributed by atoms with Crippen molar-refractivity contribution in [2.24, 2.45) is 0 Å². The molecule has 0 saturated carbocycles. The van der Waals surface area contributed by atoms with Crippen molar-refractivity contribution in [2.75, 3.05) is 36.9 Å². The van der Waals surface area contributed by atoms with E-state index in [1.54, 1.807) is 10.7 Å². The third-order valence-electron chi connectivity index (χ3n) is 4.46. The molecule has 26 heavy (non-hydrogen) atoms. The van der Waals surface area contributed by atoms with Gasteiger partial charge in [0.25, 0.3) is 0 Å². The molecule has 0 spiro atoms. The quantitative estimate of drug-likeness (QED) is 0.770. The first-order valence-electron chi connectivity index (χ1n) is 8.61. The Balaban J connectivity index is 1.83. The molecule has 1 fully saturated rings. The molecule has 0 atom stereocenters. The number of morpholine rings is 1. The molecule has 0 amide bonds. The molecule has 1 saturated heterocycles. The average Bonchev–Trinajstić information content (AvgIpc) is 3.09. The van der Waals surface area contributed by atoms with Crippen molar-refractivity contribution in [1.29, 1.82) is 0 Å². The fourth-order valence-corrected chi connectivity index (χ4v) is 3.04. The Morgan fingerprint density at radius 1 is 1.19 bits per heavy atom. The van der Waals surface area contributed by atoms with Crippen LogP contribution in [0.2, 0.25) is 0 Å². The Morgan fingerprint density at radius 3 is 2.77 bits per heavy atom. The number of hydrogen-bond acceptors (Lipinski definition) is 7. The maximum atomic E-state index is 6.12. The standard InChI is InChI=1S/C18H21N7O/c1-3-4-13-9-14(10-20-12(13)2)15-11-21-25-16(15)22-18(23-17(25)19)24-5-7-26-8-6-24/h3-4,9-11H,5-8H2,1-2H3,(H2,19,22,23)/b4-3-. The number of nitrogens with two attached hydrogens (primary N) is 1. The van der Waals surface area contributed by atoms with E-state index in [1.807, 2.05) is 32.2 Å². The van der Waals surface area contributed by atoms with Crippen LogP contribution < -0.4 is 10.6 Å². The summed E-state index contributed by atoms with van der Waals surface area (Å²) < 4.78 is 6.97. The van der Waals surface area contributed by atoms with Crippen molar-refractivity contribution in [3.63, 3.8) is 0 Å². The first-order chi connectivity index (χ1) is 12.7. The van der Waals surface area contributed by atoms with E-state index in [0.717, 1.165) is 35.5 Å². The minimum atomic E-state index is 0.316. The summed E-state index contributed by atoms with van der Waals surface area (Å²) in [4.78, 5) is 15.7. The van der Waals surface area contributed by atoms with Crippen molar-refractivity contribution in [3.8, 4) is 11.1 Å². The Morgan fingerprint density at radius 2 is 2.00 bits per heavy atom. The molecule has 0 aliphatic carbocycles. The van der Waals surface area contributed by atoms with Gasteiger partial charge in [-0.1, -0.05) is 12.2 Å². The molecule has 0 aromatic carbocycles. The normalized spacial score (nSPS) is 15.2. The van der Waals surface area contributed by atoms with E-state index in [4.69, 9.17) is 15.5 Å². The lowest BCUT2D eigenvalue weighted by atomic mass is 10.1. The first-order valence-corrected chi connectivity index (χ1v) is 8.61. The van der Waals surface area contributed by atoms with Crippen LogP contribution in [0.5, 0.6) is 0 Å². The van der Waals surface area contributed by atoms with Gasteiger partial charge in [0.1, 0.15) is 0 Å². The van der Waals surface area contributed by atoms with Crippen molar-refractivity contribution in [3.05, 3.63) is 35.8 Å². The number of allylic oxidation sites excluding steroid dienone is 1. The highest BCUT2D eigenvalue weighted by Gasteiger charge is 2.19. The summed E-state index contributed by atoms with van der Waals surface area (Å²) in [7, 11) is 0. The van der Waals surface area contributed by atoms with E-state index in [1.165, 1.54) is 0 Å². The van der Waals surface area contributed by atoms with Crippen LogP contribution >= 0.6 is 0 Å². The van der Waals surface area contributed by atoms with Gasteiger partial charge in [-0.15, -0.1) is 0 Å². The minimum Gasteiger partial charge on any atom is -0.378 e. The van der Waals surface area contributed by atoms with Crippen LogP contribution in [0.15, 0.2) is 24.5 Å². The monoisotopic (exact) mass is 351 g/mol. The highest BCUT2D eigenvalue weighted by Crippen LogP contribution is 2.27. The van der Waals surface area contributed by atoms with E-state index in [0.29, 0.717) is 30.8 Å². The summed E-state index contributed by atoms with van der Waals surface area (Å²) >= 11 is 0. The molecule has 3 aromatic rings. The van der Waals surface area contributed by atoms with Gasteiger partial charge in [-0.2, -0.15) is 19.6 Å². The summed E-state index contributed by atoms with van der Waals surface area (Å²) in [6.45, 7) is 6.80. The van der Waals surface area contributed by atoms with Gasteiger partial charge in [-0.05, 0) is 25.5 Å². The third kappa shape index (κ3) is 2.88. The van der Waals surface area contributed by atoms with Crippen LogP contribution in [0.4, 0.5) is 11.9 Å². The molecular formula is C18H21N7O. The molecule has 1 aliphatic heterocycles. The summed E-state index contributed by atoms with van der Waals surface area (Å²) in [5.74, 6) is 0.922. The second-order valence-electron chi connectivity index (χ2n) is 6.17. The van der Waals surface area contributed by atoms with Crippen LogP contribution in [0.3, 0.4) is 0 Å². The average molecular weight is 351 g/mol. The first kappa shape index (κ1) is 16.5. The highest BCUT2D eigenvalue weighted by molar-refractivity contribution is 5.79. The SMILES string of the molecule is C/C=C\c1cc(-c2cnn3c(N)nc(N4CCOCC4)nc23)cnc1C. The number of pyridine rings is 1. The van der Waals surface area contributed by atoms with Gasteiger partial charge in [-0.25, -0.2) is 0 Å². The smallest absolute Gasteiger partial charge is 0.230 e. The summed E-state index contributed by atoms with van der Waals surface area (Å²) in [6.07, 6.45) is 7.64. The maximum Gasteiger partial charge on any atom is 0.230 e. The Hall–Kier alpha value is -3.00. The summed E-state index contributed by atoms with van der Waals surface area (Å²) in [5.41, 5.74) is 10.7. The lowest BCUT2D eigenvalue weighted by Gasteiger charge is -2.26. The van der Waals surface area contributed by atoms with E-state index in [2.05, 4.69) is 26.0 Å². The summed E-state index contributed by atoms with van der Waals surface area (Å²) in [6, 6.07) is 2.09. The number of rotatable bonds is 3. The molecule has 8 nitrogen and oxygen atoms in total. The predicted octanol–water partition coefficient (Wildman–Crippen LogP) is 1.95. The van der Waals surface area contributed by atoms with Crippen LogP contribution in [0.1, 0.15) is 18.2 Å². The van der Waals surface area contributed by atoms with Crippen molar-refractivity contribution in [1.82, 2.24) is 24.6 Å². The maximum absolute atomic E-state index is 6.12. The molecule has 4 rings (SSSR count). The van der Waals surface area contributed by atoms with Gasteiger partial charge < -0.3 is 15.4 Å². The molecular weight excluding hydrogens is 330 g/mol. The zero-order chi connectivity index (χ0) is 18.1. The van der Waals surface area contributed by atoms with E-state index >= 15 is 0 Å². The number of ether oxygens (including phenoxy) is 1. The lowest BCUT2D eigenvalue weighted by molar-refractivity contribution is 0.122. The fraction of sp³-hybridized carbons (Fsp3) is 0.333. The van der Waals surface area contributed by atoms with E-state index < -0.39 is 0 Å². The molecule has 8 heteroatoms. The molecule has 0 bridgehead atoms. The molecule has 1 aliphatic rings. The van der Waals surface area contributed by atoms with Crippen LogP contribution in [-0.2, 0) is 4.74 Å². The van der Waals surface area contributed by atoms with Gasteiger partial charge in [0.15, 0.2) is 5.65 Å². The fourth-order valence-electron chi connectivity index (χ4n) is 3.04. The van der Waals surface area contributed by atoms with E-state index in [9.17, 15) is 0 Å². The van der Waals surface area contributed by atoms with Crippen LogP contribution in [0.25, 0.3) is 22.9 Å².